The van der Waals surface area contributed by atoms with E-state index in [-0.39, 0.29) is 22.6 Å². The summed E-state index contributed by atoms with van der Waals surface area (Å²) in [5, 5.41) is 2.93. The predicted molar refractivity (Wildman–Crippen MR) is 110 cm³/mol. The molecule has 3 aromatic rings. The van der Waals surface area contributed by atoms with Gasteiger partial charge in [0, 0.05) is 31.0 Å². The van der Waals surface area contributed by atoms with Crippen LogP contribution < -0.4 is 10.3 Å². The molecular weight excluding hydrogens is 384 g/mol. The number of aryl methyl sites for hydroxylation is 1. The second kappa shape index (κ2) is 6.98. The van der Waals surface area contributed by atoms with Crippen LogP contribution in [0.4, 0.5) is 0 Å². The lowest BCUT2D eigenvalue weighted by Crippen LogP contribution is -2.49. The van der Waals surface area contributed by atoms with Gasteiger partial charge in [-0.15, -0.1) is 0 Å². The molecule has 2 aliphatic heterocycles. The molecule has 5 rings (SSSR count). The number of aromatic nitrogens is 3. The van der Waals surface area contributed by atoms with Crippen LogP contribution in [-0.2, 0) is 16.8 Å². The largest absolute Gasteiger partial charge is 0.497 e. The van der Waals surface area contributed by atoms with Gasteiger partial charge in [-0.2, -0.15) is 0 Å². The number of likely N-dealkylation sites (tertiary alicyclic amines) is 1. The Balaban J connectivity index is 1.39. The lowest BCUT2D eigenvalue weighted by molar-refractivity contribution is -0.0935. The van der Waals surface area contributed by atoms with Gasteiger partial charge in [-0.1, -0.05) is 6.07 Å². The van der Waals surface area contributed by atoms with Crippen molar-refractivity contribution in [2.45, 2.75) is 31.8 Å². The van der Waals surface area contributed by atoms with Gasteiger partial charge in [0.2, 0.25) is 0 Å². The van der Waals surface area contributed by atoms with Crippen molar-refractivity contribution < 1.29 is 14.3 Å². The zero-order valence-electron chi connectivity index (χ0n) is 17.1. The lowest BCUT2D eigenvalue weighted by atomic mass is 9.79. The van der Waals surface area contributed by atoms with Crippen LogP contribution in [0.1, 0.15) is 40.0 Å². The summed E-state index contributed by atoms with van der Waals surface area (Å²) >= 11 is 0. The maximum Gasteiger partial charge on any atom is 0.285 e. The summed E-state index contributed by atoms with van der Waals surface area (Å²) in [6.45, 7) is 3.55. The highest BCUT2D eigenvalue weighted by atomic mass is 16.5. The monoisotopic (exact) mass is 408 g/mol. The molecular formula is C22H24N4O4. The quantitative estimate of drug-likeness (QED) is 0.701. The summed E-state index contributed by atoms with van der Waals surface area (Å²) in [6, 6.07) is 7.90. The fraction of sp³-hybridized carbons (Fsp3) is 0.409. The van der Waals surface area contributed by atoms with Crippen molar-refractivity contribution in [2.24, 2.45) is 0 Å². The van der Waals surface area contributed by atoms with Crippen LogP contribution in [0.25, 0.3) is 5.65 Å². The first kappa shape index (κ1) is 18.9. The fourth-order valence-electron chi connectivity index (χ4n) is 4.66. The summed E-state index contributed by atoms with van der Waals surface area (Å²) in [5.74, 6) is 0.566. The summed E-state index contributed by atoms with van der Waals surface area (Å²) < 4.78 is 12.9. The zero-order valence-corrected chi connectivity index (χ0v) is 17.1. The topological polar surface area (TPSA) is 88.9 Å². The Hall–Kier alpha value is -3.13. The molecule has 1 N–H and O–H groups in total. The number of methoxy groups -OCH3 is 1. The number of amides is 1. The maximum atomic E-state index is 13.1. The number of hydrogen-bond acceptors (Lipinski definition) is 5. The second-order valence-electron chi connectivity index (χ2n) is 8.02. The molecule has 0 unspecified atom stereocenters. The SMILES string of the molecule is COc1ccc2c(c1)CCOC21CCN(C(=O)c2cnc3cc(C)[nH]n3c2=O)CC1. The fourth-order valence-corrected chi connectivity index (χ4v) is 4.66. The van der Waals surface area contributed by atoms with Crippen molar-refractivity contribution in [2.75, 3.05) is 26.8 Å². The summed E-state index contributed by atoms with van der Waals surface area (Å²) in [6.07, 6.45) is 3.62. The van der Waals surface area contributed by atoms with E-state index in [0.717, 1.165) is 17.9 Å². The number of ether oxygens (including phenoxy) is 2. The molecule has 1 aromatic carbocycles. The van der Waals surface area contributed by atoms with E-state index in [1.54, 1.807) is 18.1 Å². The van der Waals surface area contributed by atoms with Crippen molar-refractivity contribution >= 4 is 11.6 Å². The van der Waals surface area contributed by atoms with E-state index >= 15 is 0 Å². The van der Waals surface area contributed by atoms with E-state index < -0.39 is 0 Å². The van der Waals surface area contributed by atoms with Crippen LogP contribution in [0.5, 0.6) is 5.75 Å². The highest BCUT2D eigenvalue weighted by Crippen LogP contribution is 2.42. The third-order valence-corrected chi connectivity index (χ3v) is 6.26. The van der Waals surface area contributed by atoms with E-state index in [9.17, 15) is 9.59 Å². The minimum atomic E-state index is -0.384. The van der Waals surface area contributed by atoms with E-state index in [0.29, 0.717) is 38.2 Å². The number of fused-ring (bicyclic) bond motifs is 3. The van der Waals surface area contributed by atoms with Crippen LogP contribution in [-0.4, -0.2) is 52.2 Å². The van der Waals surface area contributed by atoms with E-state index in [4.69, 9.17) is 9.47 Å². The second-order valence-corrected chi connectivity index (χ2v) is 8.02. The molecule has 156 valence electrons. The summed E-state index contributed by atoms with van der Waals surface area (Å²) in [4.78, 5) is 31.8. The Morgan fingerprint density at radius 2 is 2.07 bits per heavy atom. The summed E-state index contributed by atoms with van der Waals surface area (Å²) in [5.41, 5.74) is 3.08. The highest BCUT2D eigenvalue weighted by Gasteiger charge is 2.42. The Morgan fingerprint density at radius 3 is 2.83 bits per heavy atom. The lowest BCUT2D eigenvalue weighted by Gasteiger charge is -2.45. The first-order valence-electron chi connectivity index (χ1n) is 10.2. The number of nitrogens with one attached hydrogen (secondary N) is 1. The van der Waals surface area contributed by atoms with Gasteiger partial charge in [0.15, 0.2) is 5.65 Å². The molecule has 1 fully saturated rings. The maximum absolute atomic E-state index is 13.1. The van der Waals surface area contributed by atoms with E-state index in [1.165, 1.54) is 21.8 Å². The molecule has 4 heterocycles. The standard InChI is InChI=1S/C22H24N4O4/c1-14-11-19-23-13-17(21(28)26(19)24-14)20(27)25-8-6-22(7-9-25)18-4-3-16(29-2)12-15(18)5-10-30-22/h3-4,11-13,24H,5-10H2,1-2H3. The molecule has 0 bridgehead atoms. The first-order valence-corrected chi connectivity index (χ1v) is 10.2. The van der Waals surface area contributed by atoms with Crippen LogP contribution in [0.15, 0.2) is 35.3 Å². The van der Waals surface area contributed by atoms with Gasteiger partial charge in [0.1, 0.15) is 11.3 Å². The molecule has 0 aliphatic carbocycles. The molecule has 0 atom stereocenters. The number of carbonyl (C=O) groups excluding carboxylic acids is 1. The molecule has 0 saturated carbocycles. The molecule has 0 radical (unpaired) electrons. The number of H-pyrrole nitrogens is 1. The molecule has 1 spiro atoms. The Morgan fingerprint density at radius 1 is 1.27 bits per heavy atom. The van der Waals surface area contributed by atoms with Crippen molar-refractivity contribution in [1.29, 1.82) is 0 Å². The van der Waals surface area contributed by atoms with Crippen molar-refractivity contribution in [3.63, 3.8) is 0 Å². The van der Waals surface area contributed by atoms with Crippen molar-refractivity contribution in [1.82, 2.24) is 19.5 Å². The highest BCUT2D eigenvalue weighted by molar-refractivity contribution is 5.93. The first-order chi connectivity index (χ1) is 14.5. The van der Waals surface area contributed by atoms with Crippen LogP contribution in [0.3, 0.4) is 0 Å². The van der Waals surface area contributed by atoms with E-state index in [2.05, 4.69) is 22.2 Å². The number of carbonyl (C=O) groups is 1. The average Bonchev–Trinajstić information content (AvgIpc) is 3.15. The number of aromatic amines is 1. The summed E-state index contributed by atoms with van der Waals surface area (Å²) in [7, 11) is 1.67. The molecule has 2 aromatic heterocycles. The number of hydrogen-bond donors (Lipinski definition) is 1. The number of piperidine rings is 1. The minimum Gasteiger partial charge on any atom is -0.497 e. The van der Waals surface area contributed by atoms with Crippen LogP contribution >= 0.6 is 0 Å². The number of nitrogens with zero attached hydrogens (tertiary/aromatic N) is 3. The molecule has 1 saturated heterocycles. The normalized spacial score (nSPS) is 17.9. The van der Waals surface area contributed by atoms with Crippen molar-refractivity contribution in [3.05, 3.63) is 63.2 Å². The van der Waals surface area contributed by atoms with Gasteiger partial charge in [-0.3, -0.25) is 14.7 Å². The minimum absolute atomic E-state index is 0.0833. The molecule has 1 amide bonds. The number of benzene rings is 1. The zero-order chi connectivity index (χ0) is 20.9. The molecule has 8 heteroatoms. The smallest absolute Gasteiger partial charge is 0.285 e. The average molecular weight is 408 g/mol. The Labute approximate surface area is 173 Å². The van der Waals surface area contributed by atoms with Crippen LogP contribution in [0, 0.1) is 6.92 Å². The van der Waals surface area contributed by atoms with Gasteiger partial charge in [0.25, 0.3) is 11.5 Å². The van der Waals surface area contributed by atoms with Gasteiger partial charge in [-0.25, -0.2) is 9.50 Å². The molecule has 2 aliphatic rings. The van der Waals surface area contributed by atoms with Gasteiger partial charge >= 0.3 is 0 Å². The Kier molecular flexibility index (Phi) is 4.39. The molecule has 8 nitrogen and oxygen atoms in total. The third-order valence-electron chi connectivity index (χ3n) is 6.26. The van der Waals surface area contributed by atoms with Gasteiger partial charge in [-0.05, 0) is 49.4 Å². The predicted octanol–water partition coefficient (Wildman–Crippen LogP) is 2.04. The van der Waals surface area contributed by atoms with Gasteiger partial charge in [0.05, 0.1) is 19.3 Å². The van der Waals surface area contributed by atoms with E-state index in [1.807, 2.05) is 13.0 Å². The Bertz CT molecular complexity index is 1190. The van der Waals surface area contributed by atoms with Crippen molar-refractivity contribution in [3.8, 4) is 5.75 Å². The van der Waals surface area contributed by atoms with Crippen LogP contribution in [0.2, 0.25) is 0 Å². The third kappa shape index (κ3) is 2.90. The van der Waals surface area contributed by atoms with Gasteiger partial charge < -0.3 is 14.4 Å². The molecule has 30 heavy (non-hydrogen) atoms. The number of rotatable bonds is 2.